The van der Waals surface area contributed by atoms with E-state index in [2.05, 4.69) is 5.32 Å². The summed E-state index contributed by atoms with van der Waals surface area (Å²) < 4.78 is 27.7. The second-order valence-electron chi connectivity index (χ2n) is 8.01. The molecule has 2 aromatic rings. The molecule has 1 N–H and O–H groups in total. The van der Waals surface area contributed by atoms with Crippen LogP contribution in [0.4, 0.5) is 5.69 Å². The summed E-state index contributed by atoms with van der Waals surface area (Å²) in [6.07, 6.45) is 4.63. The quantitative estimate of drug-likeness (QED) is 0.810. The van der Waals surface area contributed by atoms with E-state index in [1.54, 1.807) is 42.5 Å². The van der Waals surface area contributed by atoms with Crippen molar-refractivity contribution in [2.45, 2.75) is 43.5 Å². The summed E-state index contributed by atoms with van der Waals surface area (Å²) in [6, 6.07) is 15.7. The lowest BCUT2D eigenvalue weighted by molar-refractivity contribution is -0.120. The third-order valence-electron chi connectivity index (χ3n) is 6.02. The lowest BCUT2D eigenvalue weighted by Crippen LogP contribution is -2.45. The van der Waals surface area contributed by atoms with Crippen molar-refractivity contribution in [3.8, 4) is 0 Å². The molecule has 2 aliphatic carbocycles. The predicted molar refractivity (Wildman–Crippen MR) is 110 cm³/mol. The van der Waals surface area contributed by atoms with Crippen molar-refractivity contribution in [3.63, 3.8) is 0 Å². The van der Waals surface area contributed by atoms with Gasteiger partial charge in [-0.25, -0.2) is 8.42 Å². The van der Waals surface area contributed by atoms with E-state index in [0.717, 1.165) is 17.9 Å². The number of sulfonamides is 1. The molecule has 2 fully saturated rings. The zero-order chi connectivity index (χ0) is 19.7. The Morgan fingerprint density at radius 3 is 2.36 bits per heavy atom. The Labute approximate surface area is 166 Å². The molecular weight excluding hydrogens is 372 g/mol. The summed E-state index contributed by atoms with van der Waals surface area (Å²) in [5, 5.41) is 3.10. The van der Waals surface area contributed by atoms with Crippen LogP contribution in [0, 0.1) is 18.8 Å². The van der Waals surface area contributed by atoms with Crippen LogP contribution in [0.3, 0.4) is 0 Å². The van der Waals surface area contributed by atoms with E-state index in [1.165, 1.54) is 23.6 Å². The van der Waals surface area contributed by atoms with Crippen LogP contribution in [-0.2, 0) is 14.8 Å². The van der Waals surface area contributed by atoms with Crippen molar-refractivity contribution in [1.29, 1.82) is 0 Å². The average Bonchev–Trinajstić information content (AvgIpc) is 3.31. The van der Waals surface area contributed by atoms with Crippen molar-refractivity contribution in [2.24, 2.45) is 11.8 Å². The number of nitrogens with zero attached hydrogens (tertiary/aromatic N) is 1. The van der Waals surface area contributed by atoms with E-state index in [-0.39, 0.29) is 23.4 Å². The molecule has 2 aromatic carbocycles. The molecule has 0 unspecified atom stereocenters. The monoisotopic (exact) mass is 398 g/mol. The maximum Gasteiger partial charge on any atom is 0.264 e. The lowest BCUT2D eigenvalue weighted by atomic mass is 9.95. The van der Waals surface area contributed by atoms with Crippen LogP contribution in [0.2, 0.25) is 0 Å². The van der Waals surface area contributed by atoms with Crippen LogP contribution in [-0.4, -0.2) is 26.9 Å². The molecule has 0 saturated heterocycles. The summed E-state index contributed by atoms with van der Waals surface area (Å²) in [6.45, 7) is 1.73. The number of fused-ring (bicyclic) bond motifs is 2. The average molecular weight is 399 g/mol. The van der Waals surface area contributed by atoms with Crippen molar-refractivity contribution in [3.05, 3.63) is 60.2 Å². The van der Waals surface area contributed by atoms with E-state index in [0.29, 0.717) is 11.6 Å². The number of aryl methyl sites for hydroxylation is 1. The highest BCUT2D eigenvalue weighted by molar-refractivity contribution is 7.92. The Hall–Kier alpha value is -2.34. The Morgan fingerprint density at radius 2 is 1.75 bits per heavy atom. The third-order valence-corrected chi connectivity index (χ3v) is 7.81. The maximum atomic E-state index is 13.3. The summed E-state index contributed by atoms with van der Waals surface area (Å²) >= 11 is 0. The van der Waals surface area contributed by atoms with Crippen LogP contribution in [0.1, 0.15) is 31.2 Å². The molecule has 6 heteroatoms. The van der Waals surface area contributed by atoms with Gasteiger partial charge in [0.1, 0.15) is 6.54 Å². The number of rotatable bonds is 6. The third kappa shape index (κ3) is 3.78. The maximum absolute atomic E-state index is 13.3. The number of anilines is 1. The first kappa shape index (κ1) is 19.0. The molecule has 5 nitrogen and oxygen atoms in total. The molecule has 28 heavy (non-hydrogen) atoms. The Balaban J connectivity index is 1.58. The topological polar surface area (TPSA) is 66.5 Å². The zero-order valence-electron chi connectivity index (χ0n) is 16.0. The van der Waals surface area contributed by atoms with E-state index >= 15 is 0 Å². The van der Waals surface area contributed by atoms with Gasteiger partial charge in [-0.15, -0.1) is 0 Å². The Bertz CT molecular complexity index is 942. The summed E-state index contributed by atoms with van der Waals surface area (Å²) in [7, 11) is -3.83. The second kappa shape index (κ2) is 7.59. The van der Waals surface area contributed by atoms with Crippen LogP contribution in [0.15, 0.2) is 59.5 Å². The Morgan fingerprint density at radius 1 is 1.04 bits per heavy atom. The van der Waals surface area contributed by atoms with Crippen LogP contribution in [0.5, 0.6) is 0 Å². The lowest BCUT2D eigenvalue weighted by Gasteiger charge is -2.27. The number of hydrogen-bond donors (Lipinski definition) is 1. The van der Waals surface area contributed by atoms with E-state index in [9.17, 15) is 13.2 Å². The van der Waals surface area contributed by atoms with Gasteiger partial charge in [-0.05, 0) is 62.3 Å². The summed E-state index contributed by atoms with van der Waals surface area (Å²) in [5.74, 6) is 1.03. The van der Waals surface area contributed by atoms with Gasteiger partial charge in [-0.1, -0.05) is 42.3 Å². The Kier molecular flexibility index (Phi) is 5.15. The van der Waals surface area contributed by atoms with Gasteiger partial charge in [-0.3, -0.25) is 9.10 Å². The highest BCUT2D eigenvalue weighted by Crippen LogP contribution is 2.44. The number of benzene rings is 2. The van der Waals surface area contributed by atoms with Gasteiger partial charge in [0.2, 0.25) is 5.91 Å². The number of nitrogens with one attached hydrogen (secondary N) is 1. The molecule has 1 amide bonds. The summed E-state index contributed by atoms with van der Waals surface area (Å²) in [5.41, 5.74) is 1.53. The largest absolute Gasteiger partial charge is 0.352 e. The molecule has 3 atom stereocenters. The fraction of sp³-hybridized carbons (Fsp3) is 0.409. The van der Waals surface area contributed by atoms with Gasteiger partial charge >= 0.3 is 0 Å². The fourth-order valence-electron chi connectivity index (χ4n) is 4.55. The molecule has 0 aliphatic heterocycles. The van der Waals surface area contributed by atoms with E-state index in [1.807, 2.05) is 19.1 Å². The van der Waals surface area contributed by atoms with Crippen LogP contribution >= 0.6 is 0 Å². The minimum absolute atomic E-state index is 0.184. The van der Waals surface area contributed by atoms with Crippen molar-refractivity contribution >= 4 is 21.6 Å². The number of hydrogen-bond acceptors (Lipinski definition) is 3. The van der Waals surface area contributed by atoms with Gasteiger partial charge in [0.05, 0.1) is 10.6 Å². The molecule has 0 radical (unpaired) electrons. The predicted octanol–water partition coefficient (Wildman–Crippen LogP) is 3.50. The first-order valence-corrected chi connectivity index (χ1v) is 11.3. The van der Waals surface area contributed by atoms with Gasteiger partial charge in [-0.2, -0.15) is 0 Å². The zero-order valence-corrected chi connectivity index (χ0v) is 16.9. The molecular formula is C22H26N2O3S. The van der Waals surface area contributed by atoms with Crippen molar-refractivity contribution < 1.29 is 13.2 Å². The molecule has 2 aliphatic rings. The molecule has 2 saturated carbocycles. The highest BCUT2D eigenvalue weighted by atomic mass is 32.2. The smallest absolute Gasteiger partial charge is 0.264 e. The SMILES string of the molecule is Cc1ccc(N(CC(=O)N[C@@H]2C[C@H]3CC[C@@H]2C3)S(=O)(=O)c2ccccc2)cc1. The van der Waals surface area contributed by atoms with E-state index < -0.39 is 10.0 Å². The highest BCUT2D eigenvalue weighted by Gasteiger charge is 2.40. The minimum Gasteiger partial charge on any atom is -0.352 e. The number of carbonyl (C=O) groups excluding carboxylic acids is 1. The molecule has 0 heterocycles. The molecule has 4 rings (SSSR count). The van der Waals surface area contributed by atoms with Gasteiger partial charge in [0, 0.05) is 6.04 Å². The molecule has 0 aromatic heterocycles. The first-order chi connectivity index (χ1) is 13.4. The number of amides is 1. The van der Waals surface area contributed by atoms with Crippen LogP contribution in [0.25, 0.3) is 0 Å². The second-order valence-corrected chi connectivity index (χ2v) is 9.87. The van der Waals surface area contributed by atoms with Crippen molar-refractivity contribution in [2.75, 3.05) is 10.8 Å². The van der Waals surface area contributed by atoms with Gasteiger partial charge < -0.3 is 5.32 Å². The van der Waals surface area contributed by atoms with Crippen LogP contribution < -0.4 is 9.62 Å². The van der Waals surface area contributed by atoms with Gasteiger partial charge in [0.15, 0.2) is 0 Å². The molecule has 0 spiro atoms. The summed E-state index contributed by atoms with van der Waals surface area (Å²) in [4.78, 5) is 13.0. The molecule has 2 bridgehead atoms. The van der Waals surface area contributed by atoms with Crippen molar-refractivity contribution in [1.82, 2.24) is 5.32 Å². The number of carbonyl (C=O) groups is 1. The normalized spacial score (nSPS) is 23.5. The van der Waals surface area contributed by atoms with Gasteiger partial charge in [0.25, 0.3) is 10.0 Å². The standard InChI is InChI=1S/C22H26N2O3S/c1-16-7-11-19(12-8-16)24(28(26,27)20-5-3-2-4-6-20)15-22(25)23-21-14-17-9-10-18(21)13-17/h2-8,11-12,17-18,21H,9-10,13-15H2,1H3,(H,23,25)/t17-,18+,21+/m0/s1. The minimum atomic E-state index is -3.83. The fourth-order valence-corrected chi connectivity index (χ4v) is 5.99. The molecule has 148 valence electrons. The van der Waals surface area contributed by atoms with E-state index in [4.69, 9.17) is 0 Å². The first-order valence-electron chi connectivity index (χ1n) is 9.87.